The molecule has 0 bridgehead atoms. The van der Waals surface area contributed by atoms with Gasteiger partial charge in [0.15, 0.2) is 0 Å². The van der Waals surface area contributed by atoms with Gasteiger partial charge in [-0.1, -0.05) is 35.9 Å². The molecule has 0 aliphatic carbocycles. The Morgan fingerprint density at radius 1 is 1.25 bits per heavy atom. The van der Waals surface area contributed by atoms with Crippen molar-refractivity contribution in [2.75, 3.05) is 12.4 Å². The molecule has 5 nitrogen and oxygen atoms in total. The summed E-state index contributed by atoms with van der Waals surface area (Å²) in [6.07, 6.45) is 0. The molecule has 20 heavy (non-hydrogen) atoms. The highest BCUT2D eigenvalue weighted by Crippen LogP contribution is 2.30. The highest BCUT2D eigenvalue weighted by Gasteiger charge is 2.16. The van der Waals surface area contributed by atoms with E-state index in [0.717, 1.165) is 0 Å². The van der Waals surface area contributed by atoms with Crippen molar-refractivity contribution in [3.8, 4) is 5.75 Å². The van der Waals surface area contributed by atoms with Crippen molar-refractivity contribution in [2.45, 2.75) is 6.61 Å². The Labute approximate surface area is 121 Å². The molecule has 0 heterocycles. The first-order valence-electron chi connectivity index (χ1n) is 5.95. The first-order chi connectivity index (χ1) is 9.63. The number of halogens is 1. The quantitative estimate of drug-likeness (QED) is 0.671. The lowest BCUT2D eigenvalue weighted by molar-refractivity contribution is -0.384. The molecule has 104 valence electrons. The number of para-hydroxylation sites is 2. The van der Waals surface area contributed by atoms with Gasteiger partial charge in [-0.2, -0.15) is 0 Å². The van der Waals surface area contributed by atoms with Crippen LogP contribution in [0.25, 0.3) is 0 Å². The van der Waals surface area contributed by atoms with Crippen molar-refractivity contribution in [1.29, 1.82) is 0 Å². The number of nitrogens with one attached hydrogen (secondary N) is 1. The lowest BCUT2D eigenvalue weighted by Gasteiger charge is -2.11. The van der Waals surface area contributed by atoms with Crippen molar-refractivity contribution in [3.05, 3.63) is 63.2 Å². The summed E-state index contributed by atoms with van der Waals surface area (Å²) in [5.74, 6) is 0.544. The number of rotatable bonds is 5. The van der Waals surface area contributed by atoms with Gasteiger partial charge in [-0.3, -0.25) is 10.1 Å². The minimum atomic E-state index is -0.426. The molecule has 2 rings (SSSR count). The monoisotopic (exact) mass is 292 g/mol. The second-order valence-electron chi connectivity index (χ2n) is 4.04. The molecule has 2 aromatic rings. The molecule has 0 aliphatic rings. The van der Waals surface area contributed by atoms with Crippen molar-refractivity contribution in [3.63, 3.8) is 0 Å². The molecule has 0 atom stereocenters. The van der Waals surface area contributed by atoms with Gasteiger partial charge >= 0.3 is 0 Å². The highest BCUT2D eigenvalue weighted by atomic mass is 35.5. The summed E-state index contributed by atoms with van der Waals surface area (Å²) in [7, 11) is 1.64. The first kappa shape index (κ1) is 14.1. The predicted octanol–water partition coefficient (Wildman–Crippen LogP) is 3.87. The maximum atomic E-state index is 11.0. The zero-order valence-electron chi connectivity index (χ0n) is 10.8. The normalized spacial score (nSPS) is 10.1. The Morgan fingerprint density at radius 3 is 2.65 bits per heavy atom. The van der Waals surface area contributed by atoms with Crippen LogP contribution in [0.1, 0.15) is 5.56 Å². The second kappa shape index (κ2) is 6.25. The van der Waals surface area contributed by atoms with Gasteiger partial charge in [-0.25, -0.2) is 0 Å². The third kappa shape index (κ3) is 3.00. The average Bonchev–Trinajstić information content (AvgIpc) is 2.45. The molecule has 0 saturated carbocycles. The summed E-state index contributed by atoms with van der Waals surface area (Å²) in [6.45, 7) is 0.196. The first-order valence-corrected chi connectivity index (χ1v) is 6.32. The Kier molecular flexibility index (Phi) is 4.42. The van der Waals surface area contributed by atoms with E-state index < -0.39 is 4.92 Å². The van der Waals surface area contributed by atoms with Crippen LogP contribution in [0, 0.1) is 10.1 Å². The van der Waals surface area contributed by atoms with Crippen LogP contribution >= 0.6 is 11.6 Å². The van der Waals surface area contributed by atoms with Gasteiger partial charge in [0.05, 0.1) is 9.95 Å². The Hall–Kier alpha value is -2.27. The van der Waals surface area contributed by atoms with Crippen LogP contribution < -0.4 is 10.1 Å². The van der Waals surface area contributed by atoms with E-state index in [1.54, 1.807) is 31.3 Å². The van der Waals surface area contributed by atoms with Gasteiger partial charge in [-0.15, -0.1) is 0 Å². The number of hydrogen-bond acceptors (Lipinski definition) is 4. The third-order valence-corrected chi connectivity index (χ3v) is 3.11. The predicted molar refractivity (Wildman–Crippen MR) is 78.4 cm³/mol. The van der Waals surface area contributed by atoms with Crippen LogP contribution in [0.3, 0.4) is 0 Å². The fourth-order valence-electron chi connectivity index (χ4n) is 1.86. The molecular weight excluding hydrogens is 280 g/mol. The van der Waals surface area contributed by atoms with E-state index in [0.29, 0.717) is 22.0 Å². The van der Waals surface area contributed by atoms with Crippen molar-refractivity contribution < 1.29 is 9.66 Å². The summed E-state index contributed by atoms with van der Waals surface area (Å²) in [4.78, 5) is 10.5. The number of hydrogen-bond donors (Lipinski definition) is 1. The van der Waals surface area contributed by atoms with Crippen LogP contribution in [0.5, 0.6) is 5.75 Å². The van der Waals surface area contributed by atoms with Gasteiger partial charge in [0.2, 0.25) is 0 Å². The average molecular weight is 293 g/mol. The molecule has 0 fully saturated rings. The molecule has 0 unspecified atom stereocenters. The van der Waals surface area contributed by atoms with E-state index in [1.165, 1.54) is 6.07 Å². The lowest BCUT2D eigenvalue weighted by Crippen LogP contribution is -2.04. The van der Waals surface area contributed by atoms with E-state index in [-0.39, 0.29) is 12.3 Å². The van der Waals surface area contributed by atoms with Gasteiger partial charge in [0, 0.05) is 18.7 Å². The van der Waals surface area contributed by atoms with Gasteiger partial charge in [0.1, 0.15) is 18.0 Å². The van der Waals surface area contributed by atoms with E-state index in [4.69, 9.17) is 16.3 Å². The van der Waals surface area contributed by atoms with E-state index in [2.05, 4.69) is 5.32 Å². The minimum absolute atomic E-state index is 0.0211. The van der Waals surface area contributed by atoms with Gasteiger partial charge in [0.25, 0.3) is 5.69 Å². The second-order valence-corrected chi connectivity index (χ2v) is 4.44. The van der Waals surface area contributed by atoms with Crippen LogP contribution in [0.4, 0.5) is 11.4 Å². The zero-order chi connectivity index (χ0) is 14.5. The minimum Gasteiger partial charge on any atom is -0.487 e. The summed E-state index contributed by atoms with van der Waals surface area (Å²) in [6, 6.07) is 11.9. The highest BCUT2D eigenvalue weighted by molar-refractivity contribution is 6.32. The van der Waals surface area contributed by atoms with Crippen LogP contribution in [0.2, 0.25) is 5.02 Å². The molecule has 0 spiro atoms. The van der Waals surface area contributed by atoms with Crippen LogP contribution in [0.15, 0.2) is 42.5 Å². The molecule has 0 amide bonds. The number of ether oxygens (including phenoxy) is 1. The molecule has 0 aromatic heterocycles. The standard InChI is InChI=1S/C14H13ClN2O3/c1-16-14-10(5-4-7-12(14)17(18)19)9-20-13-8-3-2-6-11(13)15/h2-8,16H,9H2,1H3. The fourth-order valence-corrected chi connectivity index (χ4v) is 2.06. The summed E-state index contributed by atoms with van der Waals surface area (Å²) < 4.78 is 5.61. The van der Waals surface area contributed by atoms with Crippen LogP contribution in [-0.4, -0.2) is 12.0 Å². The third-order valence-electron chi connectivity index (χ3n) is 2.80. The topological polar surface area (TPSA) is 64.4 Å². The van der Waals surface area contributed by atoms with Crippen molar-refractivity contribution >= 4 is 23.0 Å². The van der Waals surface area contributed by atoms with E-state index in [9.17, 15) is 10.1 Å². The maximum Gasteiger partial charge on any atom is 0.292 e. The summed E-state index contributed by atoms with van der Waals surface area (Å²) in [5, 5.41) is 14.3. The number of benzene rings is 2. The van der Waals surface area contributed by atoms with Crippen LogP contribution in [-0.2, 0) is 6.61 Å². The van der Waals surface area contributed by atoms with Gasteiger partial charge in [-0.05, 0) is 12.1 Å². The number of anilines is 1. The Bertz CT molecular complexity index is 632. The molecule has 1 N–H and O–H groups in total. The molecule has 0 saturated heterocycles. The van der Waals surface area contributed by atoms with Gasteiger partial charge < -0.3 is 10.1 Å². The largest absolute Gasteiger partial charge is 0.487 e. The summed E-state index contributed by atoms with van der Waals surface area (Å²) in [5.41, 5.74) is 1.17. The smallest absolute Gasteiger partial charge is 0.292 e. The molecule has 6 heteroatoms. The SMILES string of the molecule is CNc1c(COc2ccccc2Cl)cccc1[N+](=O)[O-]. The molecule has 0 radical (unpaired) electrons. The molecular formula is C14H13ClN2O3. The van der Waals surface area contributed by atoms with Crippen molar-refractivity contribution in [1.82, 2.24) is 0 Å². The summed E-state index contributed by atoms with van der Waals surface area (Å²) >= 11 is 6.00. The Morgan fingerprint density at radius 2 is 2.00 bits per heavy atom. The van der Waals surface area contributed by atoms with E-state index >= 15 is 0 Å². The molecule has 2 aromatic carbocycles. The fraction of sp³-hybridized carbons (Fsp3) is 0.143. The van der Waals surface area contributed by atoms with E-state index in [1.807, 2.05) is 12.1 Å². The Balaban J connectivity index is 2.24. The number of nitrogens with zero attached hydrogens (tertiary/aromatic N) is 1. The lowest BCUT2D eigenvalue weighted by atomic mass is 10.1. The zero-order valence-corrected chi connectivity index (χ0v) is 11.6. The number of nitro benzene ring substituents is 1. The maximum absolute atomic E-state index is 11.0. The molecule has 0 aliphatic heterocycles. The van der Waals surface area contributed by atoms with Crippen molar-refractivity contribution in [2.24, 2.45) is 0 Å². The number of nitro groups is 1.